The van der Waals surface area contributed by atoms with Gasteiger partial charge in [0.1, 0.15) is 12.6 Å². The molecule has 0 radical (unpaired) electrons. The molecule has 0 spiro atoms. The topological polar surface area (TPSA) is 86.8 Å². The SMILES string of the molecule is CC(C)(C)NC(=O)C(Cc1ccccc1)N(Cc1ccccc1)C(=O)CN(c1ccc(Cl)c(Cl)c1)S(=O)(=O)c1ccccc1. The Labute approximate surface area is 269 Å². The van der Waals surface area contributed by atoms with E-state index in [9.17, 15) is 18.0 Å². The van der Waals surface area contributed by atoms with Crippen LogP contribution in [0.2, 0.25) is 10.0 Å². The molecule has 0 aliphatic carbocycles. The lowest BCUT2D eigenvalue weighted by molar-refractivity contribution is -0.140. The first-order valence-corrected chi connectivity index (χ1v) is 16.3. The van der Waals surface area contributed by atoms with Gasteiger partial charge in [0, 0.05) is 18.5 Å². The van der Waals surface area contributed by atoms with Crippen LogP contribution in [0.15, 0.2) is 114 Å². The molecule has 0 aliphatic heterocycles. The van der Waals surface area contributed by atoms with Gasteiger partial charge in [-0.2, -0.15) is 0 Å². The van der Waals surface area contributed by atoms with Gasteiger partial charge in [0.2, 0.25) is 11.8 Å². The van der Waals surface area contributed by atoms with Crippen molar-refractivity contribution < 1.29 is 18.0 Å². The maximum absolute atomic E-state index is 14.4. The van der Waals surface area contributed by atoms with E-state index < -0.39 is 34.1 Å². The summed E-state index contributed by atoms with van der Waals surface area (Å²) in [5.74, 6) is -0.915. The van der Waals surface area contributed by atoms with Crippen LogP contribution in [0.4, 0.5) is 5.69 Å². The fraction of sp³-hybridized carbons (Fsp3) is 0.235. The Hall–Kier alpha value is -3.85. The number of halogens is 2. The monoisotopic (exact) mass is 651 g/mol. The smallest absolute Gasteiger partial charge is 0.264 e. The van der Waals surface area contributed by atoms with Gasteiger partial charge in [0.05, 0.1) is 20.6 Å². The van der Waals surface area contributed by atoms with Crippen LogP contribution in [0.1, 0.15) is 31.9 Å². The Morgan fingerprint density at radius 2 is 1.32 bits per heavy atom. The van der Waals surface area contributed by atoms with Crippen LogP contribution in [0.5, 0.6) is 0 Å². The number of nitrogens with zero attached hydrogens (tertiary/aromatic N) is 2. The zero-order chi connectivity index (χ0) is 31.9. The number of nitrogens with one attached hydrogen (secondary N) is 1. The Balaban J connectivity index is 1.81. The first kappa shape index (κ1) is 33.1. The number of hydrogen-bond donors (Lipinski definition) is 1. The third-order valence-electron chi connectivity index (χ3n) is 6.77. The average molecular weight is 653 g/mol. The van der Waals surface area contributed by atoms with Crippen molar-refractivity contribution in [2.45, 2.75) is 50.2 Å². The van der Waals surface area contributed by atoms with Gasteiger partial charge in [-0.1, -0.05) is 102 Å². The quantitative estimate of drug-likeness (QED) is 0.194. The predicted molar refractivity (Wildman–Crippen MR) is 176 cm³/mol. The van der Waals surface area contributed by atoms with Crippen molar-refractivity contribution in [1.82, 2.24) is 10.2 Å². The van der Waals surface area contributed by atoms with Crippen molar-refractivity contribution >= 4 is 50.7 Å². The molecule has 0 saturated carbocycles. The predicted octanol–water partition coefficient (Wildman–Crippen LogP) is 6.74. The maximum atomic E-state index is 14.4. The molecule has 2 amide bonds. The minimum Gasteiger partial charge on any atom is -0.350 e. The second-order valence-corrected chi connectivity index (χ2v) is 14.1. The molecular weight excluding hydrogens is 617 g/mol. The molecule has 1 N–H and O–H groups in total. The highest BCUT2D eigenvalue weighted by molar-refractivity contribution is 7.92. The van der Waals surface area contributed by atoms with Crippen LogP contribution in [0.3, 0.4) is 0 Å². The van der Waals surface area contributed by atoms with Gasteiger partial charge in [-0.05, 0) is 62.2 Å². The van der Waals surface area contributed by atoms with Crippen molar-refractivity contribution in [3.05, 3.63) is 130 Å². The van der Waals surface area contributed by atoms with Crippen molar-refractivity contribution in [2.75, 3.05) is 10.8 Å². The summed E-state index contributed by atoms with van der Waals surface area (Å²) in [4.78, 5) is 29.8. The van der Waals surface area contributed by atoms with Gasteiger partial charge in [-0.25, -0.2) is 8.42 Å². The molecule has 4 aromatic rings. The second-order valence-electron chi connectivity index (χ2n) is 11.4. The Morgan fingerprint density at radius 3 is 1.86 bits per heavy atom. The molecule has 0 aliphatic rings. The summed E-state index contributed by atoms with van der Waals surface area (Å²) in [5, 5.41) is 3.40. The molecule has 0 saturated heterocycles. The summed E-state index contributed by atoms with van der Waals surface area (Å²) >= 11 is 12.5. The van der Waals surface area contributed by atoms with E-state index >= 15 is 0 Å². The van der Waals surface area contributed by atoms with E-state index in [0.717, 1.165) is 15.4 Å². The summed E-state index contributed by atoms with van der Waals surface area (Å²) in [5.41, 5.74) is 1.23. The van der Waals surface area contributed by atoms with E-state index in [4.69, 9.17) is 23.2 Å². The van der Waals surface area contributed by atoms with E-state index in [1.165, 1.54) is 35.2 Å². The molecule has 0 fully saturated rings. The number of carbonyl (C=O) groups is 2. The highest BCUT2D eigenvalue weighted by Gasteiger charge is 2.35. The minimum atomic E-state index is -4.24. The van der Waals surface area contributed by atoms with Gasteiger partial charge < -0.3 is 10.2 Å². The zero-order valence-electron chi connectivity index (χ0n) is 24.8. The van der Waals surface area contributed by atoms with Gasteiger partial charge >= 0.3 is 0 Å². The Morgan fingerprint density at radius 1 is 0.773 bits per heavy atom. The molecule has 44 heavy (non-hydrogen) atoms. The first-order valence-electron chi connectivity index (χ1n) is 14.1. The highest BCUT2D eigenvalue weighted by atomic mass is 35.5. The molecule has 0 bridgehead atoms. The second kappa shape index (κ2) is 14.3. The van der Waals surface area contributed by atoms with E-state index in [1.54, 1.807) is 18.2 Å². The van der Waals surface area contributed by atoms with Crippen LogP contribution in [-0.2, 0) is 32.6 Å². The lowest BCUT2D eigenvalue weighted by Crippen LogP contribution is -2.56. The lowest BCUT2D eigenvalue weighted by Gasteiger charge is -2.35. The number of benzene rings is 4. The van der Waals surface area contributed by atoms with Crippen molar-refractivity contribution in [1.29, 1.82) is 0 Å². The molecule has 4 aromatic carbocycles. The van der Waals surface area contributed by atoms with Crippen LogP contribution in [0.25, 0.3) is 0 Å². The normalized spacial score (nSPS) is 12.3. The molecule has 1 atom stereocenters. The van der Waals surface area contributed by atoms with E-state index in [1.807, 2.05) is 81.4 Å². The summed E-state index contributed by atoms with van der Waals surface area (Å²) in [7, 11) is -4.24. The lowest BCUT2D eigenvalue weighted by atomic mass is 10.0. The molecule has 0 heterocycles. The van der Waals surface area contributed by atoms with E-state index in [2.05, 4.69) is 5.32 Å². The van der Waals surface area contributed by atoms with Gasteiger partial charge in [-0.15, -0.1) is 0 Å². The molecular formula is C34H35Cl2N3O4S. The summed E-state index contributed by atoms with van der Waals surface area (Å²) in [6, 6.07) is 30.0. The zero-order valence-corrected chi connectivity index (χ0v) is 27.1. The highest BCUT2D eigenvalue weighted by Crippen LogP contribution is 2.31. The number of carbonyl (C=O) groups excluding carboxylic acids is 2. The number of anilines is 1. The van der Waals surface area contributed by atoms with Crippen molar-refractivity contribution in [2.24, 2.45) is 0 Å². The molecule has 0 aromatic heterocycles. The molecule has 10 heteroatoms. The fourth-order valence-electron chi connectivity index (χ4n) is 4.68. The standard InChI is InChI=1S/C34H35Cl2N3O4S/c1-34(2,3)37-33(41)31(21-25-13-7-4-8-14-25)38(23-26-15-9-5-10-16-26)32(40)24-39(27-19-20-29(35)30(36)22-27)44(42,43)28-17-11-6-12-18-28/h4-20,22,31H,21,23-24H2,1-3H3,(H,37,41). The van der Waals surface area contributed by atoms with Crippen LogP contribution < -0.4 is 9.62 Å². The molecule has 1 unspecified atom stereocenters. The summed E-state index contributed by atoms with van der Waals surface area (Å²) < 4.78 is 29.1. The van der Waals surface area contributed by atoms with Gasteiger partial charge in [-0.3, -0.25) is 13.9 Å². The van der Waals surface area contributed by atoms with Crippen LogP contribution in [-0.4, -0.2) is 43.3 Å². The van der Waals surface area contributed by atoms with Crippen molar-refractivity contribution in [3.8, 4) is 0 Å². The van der Waals surface area contributed by atoms with Gasteiger partial charge in [0.25, 0.3) is 10.0 Å². The average Bonchev–Trinajstić information content (AvgIpc) is 2.99. The third kappa shape index (κ3) is 8.62. The third-order valence-corrected chi connectivity index (χ3v) is 9.29. The van der Waals surface area contributed by atoms with E-state index in [0.29, 0.717) is 0 Å². The van der Waals surface area contributed by atoms with Crippen molar-refractivity contribution in [3.63, 3.8) is 0 Å². The fourth-order valence-corrected chi connectivity index (χ4v) is 6.39. The Kier molecular flexibility index (Phi) is 10.7. The summed E-state index contributed by atoms with van der Waals surface area (Å²) in [6.45, 7) is 5.09. The molecule has 4 rings (SSSR count). The molecule has 230 valence electrons. The maximum Gasteiger partial charge on any atom is 0.264 e. The Bertz CT molecular complexity index is 1680. The number of amides is 2. The first-order chi connectivity index (χ1) is 20.8. The number of rotatable bonds is 11. The van der Waals surface area contributed by atoms with Crippen LogP contribution >= 0.6 is 23.2 Å². The summed E-state index contributed by atoms with van der Waals surface area (Å²) in [6.07, 6.45) is 0.222. The largest absolute Gasteiger partial charge is 0.350 e. The molecule has 7 nitrogen and oxygen atoms in total. The number of sulfonamides is 1. The minimum absolute atomic E-state index is 0.000192. The van der Waals surface area contributed by atoms with Gasteiger partial charge in [0.15, 0.2) is 0 Å². The number of hydrogen-bond acceptors (Lipinski definition) is 4. The van der Waals surface area contributed by atoms with Crippen LogP contribution in [0, 0.1) is 0 Å². The van der Waals surface area contributed by atoms with E-state index in [-0.39, 0.29) is 39.5 Å².